The summed E-state index contributed by atoms with van der Waals surface area (Å²) in [5.74, 6) is 0. The molecule has 1 saturated heterocycles. The Hall–Kier alpha value is -1.82. The number of pyridine rings is 2. The summed E-state index contributed by atoms with van der Waals surface area (Å²) in [5.41, 5.74) is 10.6. The third-order valence-electron chi connectivity index (χ3n) is 4.72. The fourth-order valence-corrected chi connectivity index (χ4v) is 4.29. The lowest BCUT2D eigenvalue weighted by atomic mass is 10.1. The van der Waals surface area contributed by atoms with Gasteiger partial charge in [-0.25, -0.2) is 0 Å². The zero-order valence-corrected chi connectivity index (χ0v) is 14.7. The number of piperidine rings is 1. The minimum absolute atomic E-state index is 0.381. The van der Waals surface area contributed by atoms with Crippen LogP contribution in [0.1, 0.15) is 24.0 Å². The molecule has 5 heteroatoms. The molecule has 0 unspecified atom stereocenters. The van der Waals surface area contributed by atoms with Gasteiger partial charge in [-0.3, -0.25) is 14.9 Å². The predicted molar refractivity (Wildman–Crippen MR) is 100 cm³/mol. The van der Waals surface area contributed by atoms with Gasteiger partial charge < -0.3 is 5.73 Å². The molecule has 4 heterocycles. The number of likely N-dealkylation sites (tertiary alicyclic amines) is 1. The maximum absolute atomic E-state index is 5.97. The van der Waals surface area contributed by atoms with E-state index in [1.54, 1.807) is 11.3 Å². The topological polar surface area (TPSA) is 55.0 Å². The van der Waals surface area contributed by atoms with Gasteiger partial charge in [0.1, 0.15) is 0 Å². The van der Waals surface area contributed by atoms with Crippen LogP contribution in [0.3, 0.4) is 0 Å². The number of thiophene rings is 1. The van der Waals surface area contributed by atoms with E-state index in [9.17, 15) is 0 Å². The Labute approximate surface area is 146 Å². The molecule has 0 radical (unpaired) electrons. The maximum atomic E-state index is 5.97. The Kier molecular flexibility index (Phi) is 4.31. The molecule has 24 heavy (non-hydrogen) atoms. The molecule has 124 valence electrons. The van der Waals surface area contributed by atoms with Gasteiger partial charge >= 0.3 is 0 Å². The Morgan fingerprint density at radius 1 is 1.21 bits per heavy atom. The summed E-state index contributed by atoms with van der Waals surface area (Å²) >= 11 is 1.77. The number of aromatic nitrogens is 2. The van der Waals surface area contributed by atoms with Crippen LogP contribution in [0.5, 0.6) is 0 Å². The molecular weight excluding hydrogens is 316 g/mol. The third kappa shape index (κ3) is 3.20. The summed E-state index contributed by atoms with van der Waals surface area (Å²) in [7, 11) is 0. The van der Waals surface area contributed by atoms with E-state index < -0.39 is 0 Å². The molecule has 0 saturated carbocycles. The van der Waals surface area contributed by atoms with Crippen molar-refractivity contribution in [2.45, 2.75) is 32.4 Å². The average molecular weight is 338 g/mol. The van der Waals surface area contributed by atoms with Crippen molar-refractivity contribution in [3.05, 3.63) is 47.8 Å². The maximum Gasteiger partial charge on any atom is 0.0819 e. The van der Waals surface area contributed by atoms with E-state index in [-0.39, 0.29) is 0 Å². The van der Waals surface area contributed by atoms with Crippen molar-refractivity contribution in [3.8, 4) is 10.6 Å². The first-order chi connectivity index (χ1) is 11.7. The molecule has 0 amide bonds. The number of nitrogens with two attached hydrogens (primary N) is 1. The van der Waals surface area contributed by atoms with Crippen molar-refractivity contribution in [2.75, 3.05) is 13.1 Å². The molecule has 3 aromatic heterocycles. The molecule has 2 N–H and O–H groups in total. The zero-order chi connectivity index (χ0) is 16.5. The summed E-state index contributed by atoms with van der Waals surface area (Å²) < 4.78 is 1.25. The van der Waals surface area contributed by atoms with E-state index >= 15 is 0 Å². The van der Waals surface area contributed by atoms with Gasteiger partial charge in [0.15, 0.2) is 0 Å². The first kappa shape index (κ1) is 15.7. The Morgan fingerprint density at radius 3 is 2.75 bits per heavy atom. The minimum Gasteiger partial charge on any atom is -0.328 e. The SMILES string of the molecule is Cc1ccnc2cc(-c3ccc(CN4CCC(N)CC4)cn3)sc12. The van der Waals surface area contributed by atoms with Crippen LogP contribution in [-0.4, -0.2) is 34.0 Å². The highest BCUT2D eigenvalue weighted by molar-refractivity contribution is 7.22. The molecule has 1 fully saturated rings. The van der Waals surface area contributed by atoms with Crippen LogP contribution in [0.25, 0.3) is 20.8 Å². The molecule has 0 aliphatic carbocycles. The predicted octanol–water partition coefficient (Wildman–Crippen LogP) is 3.59. The first-order valence-electron chi connectivity index (χ1n) is 8.47. The zero-order valence-electron chi connectivity index (χ0n) is 13.9. The number of hydrogen-bond acceptors (Lipinski definition) is 5. The standard InChI is InChI=1S/C19H22N4S/c1-13-4-7-21-17-10-18(24-19(13)17)16-3-2-14(11-22-16)12-23-8-5-15(20)6-9-23/h2-4,7,10-11,15H,5-6,8-9,12,20H2,1H3. The van der Waals surface area contributed by atoms with Gasteiger partial charge in [-0.2, -0.15) is 0 Å². The molecule has 0 spiro atoms. The molecule has 4 rings (SSSR count). The molecule has 1 aliphatic heterocycles. The molecule has 0 aromatic carbocycles. The van der Waals surface area contributed by atoms with Crippen LogP contribution in [0, 0.1) is 6.92 Å². The third-order valence-corrected chi connectivity index (χ3v) is 6.01. The van der Waals surface area contributed by atoms with Gasteiger partial charge in [0, 0.05) is 25.0 Å². The first-order valence-corrected chi connectivity index (χ1v) is 9.29. The summed E-state index contributed by atoms with van der Waals surface area (Å²) in [5, 5.41) is 0. The fourth-order valence-electron chi connectivity index (χ4n) is 3.22. The lowest BCUT2D eigenvalue weighted by Crippen LogP contribution is -2.39. The number of nitrogens with zero attached hydrogens (tertiary/aromatic N) is 3. The van der Waals surface area contributed by atoms with Crippen LogP contribution in [0.4, 0.5) is 0 Å². The number of hydrogen-bond donors (Lipinski definition) is 1. The van der Waals surface area contributed by atoms with E-state index in [4.69, 9.17) is 5.73 Å². The molecule has 0 bridgehead atoms. The monoisotopic (exact) mass is 338 g/mol. The van der Waals surface area contributed by atoms with Gasteiger partial charge in [0.25, 0.3) is 0 Å². The Balaban J connectivity index is 1.51. The van der Waals surface area contributed by atoms with Gasteiger partial charge in [0.05, 0.1) is 20.8 Å². The van der Waals surface area contributed by atoms with Crippen molar-refractivity contribution >= 4 is 21.6 Å². The molecule has 1 aliphatic rings. The summed E-state index contributed by atoms with van der Waals surface area (Å²) in [6, 6.07) is 8.91. The van der Waals surface area contributed by atoms with Crippen LogP contribution in [-0.2, 0) is 6.54 Å². The highest BCUT2D eigenvalue weighted by Crippen LogP contribution is 2.33. The lowest BCUT2D eigenvalue weighted by Gasteiger charge is -2.29. The fraction of sp³-hybridized carbons (Fsp3) is 0.368. The van der Waals surface area contributed by atoms with Crippen LogP contribution >= 0.6 is 11.3 Å². The van der Waals surface area contributed by atoms with Crippen LogP contribution < -0.4 is 5.73 Å². The largest absolute Gasteiger partial charge is 0.328 e. The normalized spacial score (nSPS) is 16.8. The van der Waals surface area contributed by atoms with Gasteiger partial charge in [-0.15, -0.1) is 11.3 Å². The Bertz CT molecular complexity index is 832. The van der Waals surface area contributed by atoms with Crippen molar-refractivity contribution in [1.82, 2.24) is 14.9 Å². The second-order valence-corrected chi connectivity index (χ2v) is 7.67. The van der Waals surface area contributed by atoms with Gasteiger partial charge in [0.2, 0.25) is 0 Å². The highest BCUT2D eigenvalue weighted by atomic mass is 32.1. The Morgan fingerprint density at radius 2 is 2.04 bits per heavy atom. The van der Waals surface area contributed by atoms with Crippen molar-refractivity contribution < 1.29 is 0 Å². The van der Waals surface area contributed by atoms with Crippen molar-refractivity contribution in [3.63, 3.8) is 0 Å². The number of rotatable bonds is 3. The van der Waals surface area contributed by atoms with E-state index in [1.807, 2.05) is 12.4 Å². The quantitative estimate of drug-likeness (QED) is 0.793. The van der Waals surface area contributed by atoms with E-state index in [0.29, 0.717) is 6.04 Å². The van der Waals surface area contributed by atoms with Crippen molar-refractivity contribution in [1.29, 1.82) is 0 Å². The van der Waals surface area contributed by atoms with Crippen LogP contribution in [0.15, 0.2) is 36.7 Å². The molecule has 3 aromatic rings. The van der Waals surface area contributed by atoms with E-state index in [1.165, 1.54) is 20.7 Å². The van der Waals surface area contributed by atoms with Gasteiger partial charge in [-0.05, 0) is 62.2 Å². The van der Waals surface area contributed by atoms with Crippen LogP contribution in [0.2, 0.25) is 0 Å². The second-order valence-electron chi connectivity index (χ2n) is 6.62. The second kappa shape index (κ2) is 6.59. The van der Waals surface area contributed by atoms with E-state index in [2.05, 4.69) is 46.1 Å². The van der Waals surface area contributed by atoms with Crippen molar-refractivity contribution in [2.24, 2.45) is 5.73 Å². The minimum atomic E-state index is 0.381. The lowest BCUT2D eigenvalue weighted by molar-refractivity contribution is 0.205. The molecule has 0 atom stereocenters. The molecular formula is C19H22N4S. The summed E-state index contributed by atoms with van der Waals surface area (Å²) in [4.78, 5) is 12.8. The number of aryl methyl sites for hydroxylation is 1. The smallest absolute Gasteiger partial charge is 0.0819 e. The molecule has 4 nitrogen and oxygen atoms in total. The number of fused-ring (bicyclic) bond motifs is 1. The van der Waals surface area contributed by atoms with Gasteiger partial charge in [-0.1, -0.05) is 6.07 Å². The summed E-state index contributed by atoms with van der Waals surface area (Å²) in [6.45, 7) is 5.27. The summed E-state index contributed by atoms with van der Waals surface area (Å²) in [6.07, 6.45) is 6.07. The average Bonchev–Trinajstić information content (AvgIpc) is 3.03. The highest BCUT2D eigenvalue weighted by Gasteiger charge is 2.16. The van der Waals surface area contributed by atoms with E-state index in [0.717, 1.165) is 43.7 Å².